The summed E-state index contributed by atoms with van der Waals surface area (Å²) in [5.74, 6) is 3.15. The molecule has 0 saturated heterocycles. The number of ether oxygens (including phenoxy) is 3. The SMILES string of the molecule is CC(C)(C)c1cc(CCCSCCC(=O)OCCOCCOC(=O)CCSCCCc2cc(C(C)(C)C)cc(C(C)(C)C)c2)cc(C(C)(C)C)c1. The van der Waals surface area contributed by atoms with Gasteiger partial charge in [0, 0.05) is 11.5 Å². The third-order valence-electron chi connectivity index (χ3n) is 8.84. The number of hydrogen-bond donors (Lipinski definition) is 0. The molecule has 0 atom stereocenters. The Bertz CT molecular complexity index is 1190. The summed E-state index contributed by atoms with van der Waals surface area (Å²) in [6.07, 6.45) is 5.05. The second-order valence-corrected chi connectivity index (χ2v) is 20.3. The molecular formula is C44H70O5S2. The number of aryl methyl sites for hydroxylation is 2. The molecule has 0 unspecified atom stereocenters. The summed E-state index contributed by atoms with van der Waals surface area (Å²) in [6, 6.07) is 14.2. The summed E-state index contributed by atoms with van der Waals surface area (Å²) in [4.78, 5) is 24.2. The van der Waals surface area contributed by atoms with Crippen LogP contribution in [0.1, 0.15) is 142 Å². The van der Waals surface area contributed by atoms with Crippen LogP contribution in [0.4, 0.5) is 0 Å². The smallest absolute Gasteiger partial charge is 0.306 e. The monoisotopic (exact) mass is 742 g/mol. The van der Waals surface area contributed by atoms with Gasteiger partial charge in [0.05, 0.1) is 26.1 Å². The van der Waals surface area contributed by atoms with Crippen LogP contribution in [0, 0.1) is 0 Å². The molecule has 0 aromatic heterocycles. The fraction of sp³-hybridized carbons (Fsp3) is 0.682. The molecule has 51 heavy (non-hydrogen) atoms. The molecule has 0 N–H and O–H groups in total. The third-order valence-corrected chi connectivity index (χ3v) is 11.0. The number of carbonyl (C=O) groups is 2. The number of thioether (sulfide) groups is 2. The molecule has 0 aliphatic carbocycles. The average Bonchev–Trinajstić information content (AvgIpc) is 3.02. The van der Waals surface area contributed by atoms with Crippen molar-refractivity contribution >= 4 is 35.5 Å². The van der Waals surface area contributed by atoms with Crippen molar-refractivity contribution in [1.29, 1.82) is 0 Å². The molecule has 0 bridgehead atoms. The highest BCUT2D eigenvalue weighted by Crippen LogP contribution is 2.32. The summed E-state index contributed by atoms with van der Waals surface area (Å²) in [6.45, 7) is 28.3. The Hall–Kier alpha value is -1.96. The van der Waals surface area contributed by atoms with E-state index in [1.165, 1.54) is 33.4 Å². The summed E-state index contributed by atoms with van der Waals surface area (Å²) >= 11 is 3.60. The van der Waals surface area contributed by atoms with Gasteiger partial charge in [-0.2, -0.15) is 23.5 Å². The van der Waals surface area contributed by atoms with Gasteiger partial charge in [0.2, 0.25) is 0 Å². The zero-order valence-corrected chi connectivity index (χ0v) is 35.9. The van der Waals surface area contributed by atoms with Crippen molar-refractivity contribution in [1.82, 2.24) is 0 Å². The van der Waals surface area contributed by atoms with E-state index in [-0.39, 0.29) is 46.8 Å². The molecule has 0 spiro atoms. The van der Waals surface area contributed by atoms with E-state index in [1.54, 1.807) is 23.5 Å². The van der Waals surface area contributed by atoms with E-state index in [9.17, 15) is 9.59 Å². The predicted octanol–water partition coefficient (Wildman–Crippen LogP) is 10.8. The highest BCUT2D eigenvalue weighted by atomic mass is 32.2. The Labute approximate surface area is 320 Å². The van der Waals surface area contributed by atoms with E-state index >= 15 is 0 Å². The largest absolute Gasteiger partial charge is 0.463 e. The van der Waals surface area contributed by atoms with Crippen LogP contribution in [-0.4, -0.2) is 61.4 Å². The van der Waals surface area contributed by atoms with Crippen LogP contribution < -0.4 is 0 Å². The van der Waals surface area contributed by atoms with Crippen molar-refractivity contribution in [3.05, 3.63) is 69.8 Å². The highest BCUT2D eigenvalue weighted by molar-refractivity contribution is 7.99. The first-order chi connectivity index (χ1) is 23.7. The van der Waals surface area contributed by atoms with Gasteiger partial charge in [0.1, 0.15) is 13.2 Å². The molecular weight excluding hydrogens is 673 g/mol. The van der Waals surface area contributed by atoms with Crippen molar-refractivity contribution in [2.24, 2.45) is 0 Å². The van der Waals surface area contributed by atoms with E-state index in [1.807, 2.05) is 0 Å². The summed E-state index contributed by atoms with van der Waals surface area (Å²) < 4.78 is 16.1. The minimum atomic E-state index is -0.198. The number of esters is 2. The topological polar surface area (TPSA) is 61.8 Å². The minimum Gasteiger partial charge on any atom is -0.463 e. The van der Waals surface area contributed by atoms with Gasteiger partial charge in [0.15, 0.2) is 0 Å². The molecule has 2 aromatic rings. The van der Waals surface area contributed by atoms with E-state index in [4.69, 9.17) is 14.2 Å². The summed E-state index contributed by atoms with van der Waals surface area (Å²) in [5, 5.41) is 0. The summed E-state index contributed by atoms with van der Waals surface area (Å²) in [7, 11) is 0. The lowest BCUT2D eigenvalue weighted by molar-refractivity contribution is -0.146. The molecule has 2 rings (SSSR count). The molecule has 288 valence electrons. The number of rotatable bonds is 20. The fourth-order valence-corrected chi connectivity index (χ4v) is 7.08. The number of carbonyl (C=O) groups excluding carboxylic acids is 2. The lowest BCUT2D eigenvalue weighted by Gasteiger charge is -2.26. The Balaban J connectivity index is 1.49. The van der Waals surface area contributed by atoms with Gasteiger partial charge in [-0.05, 0) is 92.2 Å². The molecule has 0 amide bonds. The van der Waals surface area contributed by atoms with Crippen LogP contribution >= 0.6 is 23.5 Å². The zero-order chi connectivity index (χ0) is 38.3. The molecule has 0 radical (unpaired) electrons. The maximum atomic E-state index is 12.1. The van der Waals surface area contributed by atoms with E-state index in [2.05, 4.69) is 119 Å². The predicted molar refractivity (Wildman–Crippen MR) is 221 cm³/mol. The van der Waals surface area contributed by atoms with Crippen LogP contribution in [-0.2, 0) is 58.3 Å². The maximum absolute atomic E-state index is 12.1. The first-order valence-electron chi connectivity index (χ1n) is 19.0. The van der Waals surface area contributed by atoms with Crippen molar-refractivity contribution < 1.29 is 23.8 Å². The molecule has 0 aliphatic rings. The molecule has 0 aliphatic heterocycles. The second-order valence-electron chi connectivity index (χ2n) is 17.8. The standard InChI is InChI=1S/C44H70O5S2/c1-41(2,3)35-27-33(28-36(31-35)42(4,5)6)15-13-23-50-25-17-39(45)48-21-19-47-20-22-49-40(46)18-26-51-24-14-16-34-29-37(43(7,8)9)32-38(30-34)44(10,11)12/h27-32H,13-26H2,1-12H3. The van der Waals surface area contributed by atoms with Crippen LogP contribution in [0.2, 0.25) is 0 Å². The van der Waals surface area contributed by atoms with Crippen LogP contribution in [0.3, 0.4) is 0 Å². The van der Waals surface area contributed by atoms with E-state index in [0.29, 0.717) is 26.1 Å². The Morgan fingerprint density at radius 1 is 0.471 bits per heavy atom. The second kappa shape index (κ2) is 21.1. The lowest BCUT2D eigenvalue weighted by Crippen LogP contribution is -2.17. The van der Waals surface area contributed by atoms with Crippen molar-refractivity contribution in [3.8, 4) is 0 Å². The van der Waals surface area contributed by atoms with E-state index < -0.39 is 0 Å². The lowest BCUT2D eigenvalue weighted by atomic mass is 9.79. The molecule has 0 saturated carbocycles. The average molecular weight is 743 g/mol. The summed E-state index contributed by atoms with van der Waals surface area (Å²) in [5.41, 5.74) is 8.88. The molecule has 5 nitrogen and oxygen atoms in total. The van der Waals surface area contributed by atoms with Gasteiger partial charge >= 0.3 is 11.9 Å². The highest BCUT2D eigenvalue weighted by Gasteiger charge is 2.22. The number of benzene rings is 2. The first-order valence-corrected chi connectivity index (χ1v) is 21.3. The molecule has 2 aromatic carbocycles. The van der Waals surface area contributed by atoms with E-state index in [0.717, 1.165) is 48.7 Å². The van der Waals surface area contributed by atoms with Gasteiger partial charge < -0.3 is 14.2 Å². The Morgan fingerprint density at radius 2 is 0.784 bits per heavy atom. The van der Waals surface area contributed by atoms with Gasteiger partial charge in [-0.3, -0.25) is 9.59 Å². The van der Waals surface area contributed by atoms with Crippen molar-refractivity contribution in [2.45, 2.75) is 143 Å². The van der Waals surface area contributed by atoms with Crippen molar-refractivity contribution in [2.75, 3.05) is 49.4 Å². The molecule has 0 heterocycles. The molecule has 7 heteroatoms. The van der Waals surface area contributed by atoms with Gasteiger partial charge in [-0.15, -0.1) is 0 Å². The zero-order valence-electron chi connectivity index (χ0n) is 34.2. The Morgan fingerprint density at radius 3 is 1.08 bits per heavy atom. The fourth-order valence-electron chi connectivity index (χ4n) is 5.35. The minimum absolute atomic E-state index is 0.126. The van der Waals surface area contributed by atoms with Crippen LogP contribution in [0.5, 0.6) is 0 Å². The normalized spacial score (nSPS) is 12.6. The van der Waals surface area contributed by atoms with Gasteiger partial charge in [-0.25, -0.2) is 0 Å². The maximum Gasteiger partial charge on any atom is 0.306 e. The quantitative estimate of drug-likeness (QED) is 0.0989. The van der Waals surface area contributed by atoms with Crippen LogP contribution in [0.15, 0.2) is 36.4 Å². The van der Waals surface area contributed by atoms with Crippen LogP contribution in [0.25, 0.3) is 0 Å². The molecule has 0 fully saturated rings. The Kier molecular flexibility index (Phi) is 18.7. The number of hydrogen-bond acceptors (Lipinski definition) is 7. The van der Waals surface area contributed by atoms with Crippen molar-refractivity contribution in [3.63, 3.8) is 0 Å². The van der Waals surface area contributed by atoms with Gasteiger partial charge in [0.25, 0.3) is 0 Å². The third kappa shape index (κ3) is 18.6. The van der Waals surface area contributed by atoms with Gasteiger partial charge in [-0.1, -0.05) is 119 Å². The first kappa shape index (κ1) is 45.2.